The van der Waals surface area contributed by atoms with Gasteiger partial charge in [0, 0.05) is 37.9 Å². The maximum Gasteiger partial charge on any atom is 0.317 e. The molecule has 1 spiro atoms. The van der Waals surface area contributed by atoms with Crippen LogP contribution in [0.4, 0.5) is 4.79 Å². The fourth-order valence-corrected chi connectivity index (χ4v) is 4.08. The van der Waals surface area contributed by atoms with Gasteiger partial charge in [-0.1, -0.05) is 26.7 Å². The van der Waals surface area contributed by atoms with Crippen molar-refractivity contribution in [3.8, 4) is 0 Å². The largest absolute Gasteiger partial charge is 0.371 e. The lowest BCUT2D eigenvalue weighted by Crippen LogP contribution is -2.55. The second kappa shape index (κ2) is 7.13. The van der Waals surface area contributed by atoms with Crippen LogP contribution in [0.15, 0.2) is 12.3 Å². The van der Waals surface area contributed by atoms with Crippen molar-refractivity contribution < 1.29 is 9.53 Å². The maximum absolute atomic E-state index is 12.7. The van der Waals surface area contributed by atoms with Gasteiger partial charge in [-0.15, -0.1) is 0 Å². The Balaban J connectivity index is 1.58. The van der Waals surface area contributed by atoms with Gasteiger partial charge in [0.15, 0.2) is 0 Å². The van der Waals surface area contributed by atoms with Crippen molar-refractivity contribution in [2.24, 2.45) is 13.0 Å². The molecule has 1 aromatic rings. The zero-order valence-electron chi connectivity index (χ0n) is 15.1. The molecule has 0 radical (unpaired) electrons. The van der Waals surface area contributed by atoms with Crippen molar-refractivity contribution >= 4 is 6.03 Å². The predicted octanol–water partition coefficient (Wildman–Crippen LogP) is 2.51. The summed E-state index contributed by atoms with van der Waals surface area (Å²) in [5.41, 5.74) is 1.09. The second-order valence-corrected chi connectivity index (χ2v) is 7.58. The van der Waals surface area contributed by atoms with Crippen molar-refractivity contribution in [2.45, 2.75) is 51.0 Å². The van der Waals surface area contributed by atoms with Crippen LogP contribution in [0.5, 0.6) is 0 Å². The molecular weight excluding hydrogens is 304 g/mol. The number of aryl methyl sites for hydroxylation is 1. The fraction of sp³-hybridized carbons (Fsp3) is 0.778. The Bertz CT molecular complexity index is 563. The van der Waals surface area contributed by atoms with E-state index < -0.39 is 0 Å². The van der Waals surface area contributed by atoms with Gasteiger partial charge < -0.3 is 15.0 Å². The number of rotatable bonds is 4. The molecule has 1 aliphatic heterocycles. The standard InChI is InChI=1S/C18H30N4O2/c1-14(2)15(16-6-9-20-21(16)3)12-19-17(23)22-10-11-24-18(13-22)7-4-5-8-18/h6,9,14-15H,4-5,7-8,10-13H2,1-3H3,(H,19,23)/t15-/m0/s1. The van der Waals surface area contributed by atoms with Gasteiger partial charge in [-0.05, 0) is 24.8 Å². The van der Waals surface area contributed by atoms with Gasteiger partial charge in [-0.3, -0.25) is 4.68 Å². The summed E-state index contributed by atoms with van der Waals surface area (Å²) < 4.78 is 7.91. The first-order valence-corrected chi connectivity index (χ1v) is 9.15. The van der Waals surface area contributed by atoms with E-state index in [1.54, 1.807) is 0 Å². The number of aromatic nitrogens is 2. The van der Waals surface area contributed by atoms with Crippen LogP contribution in [0.2, 0.25) is 0 Å². The summed E-state index contributed by atoms with van der Waals surface area (Å²) >= 11 is 0. The molecule has 0 unspecified atom stereocenters. The molecule has 1 N–H and O–H groups in total. The molecule has 1 saturated heterocycles. The van der Waals surface area contributed by atoms with Crippen molar-refractivity contribution in [3.63, 3.8) is 0 Å². The summed E-state index contributed by atoms with van der Waals surface area (Å²) in [6.45, 7) is 7.09. The third-order valence-electron chi connectivity index (χ3n) is 5.57. The Kier molecular flexibility index (Phi) is 5.13. The van der Waals surface area contributed by atoms with Crippen LogP contribution in [0.25, 0.3) is 0 Å². The molecule has 1 atom stereocenters. The van der Waals surface area contributed by atoms with E-state index in [1.165, 1.54) is 18.5 Å². The number of hydrogen-bond acceptors (Lipinski definition) is 3. The number of ether oxygens (including phenoxy) is 1. The number of nitrogens with one attached hydrogen (secondary N) is 1. The quantitative estimate of drug-likeness (QED) is 0.920. The van der Waals surface area contributed by atoms with Crippen molar-refractivity contribution in [1.29, 1.82) is 0 Å². The molecular formula is C18H30N4O2. The number of amides is 2. The molecule has 0 bridgehead atoms. The third kappa shape index (κ3) is 3.58. The van der Waals surface area contributed by atoms with Gasteiger partial charge in [-0.25, -0.2) is 4.79 Å². The minimum atomic E-state index is -0.0743. The summed E-state index contributed by atoms with van der Waals surface area (Å²) in [6.07, 6.45) is 6.41. The SMILES string of the molecule is CC(C)[C@H](CNC(=O)N1CCOC2(CCCC2)C1)c1ccnn1C. The molecule has 6 nitrogen and oxygen atoms in total. The highest BCUT2D eigenvalue weighted by Gasteiger charge is 2.40. The molecule has 6 heteroatoms. The fourth-order valence-electron chi connectivity index (χ4n) is 4.08. The topological polar surface area (TPSA) is 59.4 Å². The summed E-state index contributed by atoms with van der Waals surface area (Å²) in [4.78, 5) is 14.6. The van der Waals surface area contributed by atoms with Gasteiger partial charge in [0.05, 0.1) is 18.8 Å². The first kappa shape index (κ1) is 17.3. The van der Waals surface area contributed by atoms with E-state index in [2.05, 4.69) is 24.3 Å². The first-order chi connectivity index (χ1) is 11.5. The van der Waals surface area contributed by atoms with E-state index >= 15 is 0 Å². The minimum Gasteiger partial charge on any atom is -0.371 e. The molecule has 0 aromatic carbocycles. The Morgan fingerprint density at radius 3 is 2.79 bits per heavy atom. The van der Waals surface area contributed by atoms with Crippen molar-refractivity contribution in [3.05, 3.63) is 18.0 Å². The minimum absolute atomic E-state index is 0.0393. The lowest BCUT2D eigenvalue weighted by atomic mass is 9.92. The zero-order valence-corrected chi connectivity index (χ0v) is 15.1. The molecule has 1 aromatic heterocycles. The molecule has 1 aliphatic carbocycles. The highest BCUT2D eigenvalue weighted by molar-refractivity contribution is 5.74. The Morgan fingerprint density at radius 1 is 1.42 bits per heavy atom. The summed E-state index contributed by atoms with van der Waals surface area (Å²) in [6, 6.07) is 2.08. The molecule has 24 heavy (non-hydrogen) atoms. The van der Waals surface area contributed by atoms with Gasteiger partial charge >= 0.3 is 6.03 Å². The summed E-state index contributed by atoms with van der Waals surface area (Å²) in [5.74, 6) is 0.703. The van der Waals surface area contributed by atoms with E-state index in [9.17, 15) is 4.79 Å². The first-order valence-electron chi connectivity index (χ1n) is 9.15. The highest BCUT2D eigenvalue weighted by Crippen LogP contribution is 2.35. The normalized spacial score (nSPS) is 21.4. The van der Waals surface area contributed by atoms with Gasteiger partial charge in [0.2, 0.25) is 0 Å². The van der Waals surface area contributed by atoms with Crippen LogP contribution < -0.4 is 5.32 Å². The van der Waals surface area contributed by atoms with E-state index in [1.807, 2.05) is 28.9 Å². The molecule has 1 saturated carbocycles. The molecule has 2 fully saturated rings. The summed E-state index contributed by atoms with van der Waals surface area (Å²) in [7, 11) is 1.96. The third-order valence-corrected chi connectivity index (χ3v) is 5.57. The zero-order chi connectivity index (χ0) is 17.2. The molecule has 2 aliphatic rings. The van der Waals surface area contributed by atoms with E-state index in [4.69, 9.17) is 4.74 Å². The Morgan fingerprint density at radius 2 is 2.17 bits per heavy atom. The smallest absolute Gasteiger partial charge is 0.317 e. The van der Waals surface area contributed by atoms with E-state index in [-0.39, 0.29) is 17.6 Å². The predicted molar refractivity (Wildman–Crippen MR) is 92.9 cm³/mol. The number of carbonyl (C=O) groups excluding carboxylic acids is 1. The van der Waals surface area contributed by atoms with Crippen LogP contribution >= 0.6 is 0 Å². The lowest BCUT2D eigenvalue weighted by molar-refractivity contribution is -0.0925. The number of carbonyl (C=O) groups is 1. The molecule has 3 rings (SSSR count). The molecule has 134 valence electrons. The molecule has 2 heterocycles. The number of hydrogen-bond donors (Lipinski definition) is 1. The average molecular weight is 334 g/mol. The lowest BCUT2D eigenvalue weighted by Gasteiger charge is -2.40. The van der Waals surface area contributed by atoms with Crippen molar-refractivity contribution in [2.75, 3.05) is 26.2 Å². The highest BCUT2D eigenvalue weighted by atomic mass is 16.5. The van der Waals surface area contributed by atoms with Crippen LogP contribution in [0.3, 0.4) is 0 Å². The van der Waals surface area contributed by atoms with Gasteiger partial charge in [0.25, 0.3) is 0 Å². The van der Waals surface area contributed by atoms with Crippen LogP contribution in [0.1, 0.15) is 51.1 Å². The second-order valence-electron chi connectivity index (χ2n) is 7.58. The maximum atomic E-state index is 12.7. The van der Waals surface area contributed by atoms with Crippen molar-refractivity contribution in [1.82, 2.24) is 20.0 Å². The number of morpholine rings is 1. The van der Waals surface area contributed by atoms with E-state index in [0.717, 1.165) is 19.4 Å². The van der Waals surface area contributed by atoms with Gasteiger partial charge in [0.1, 0.15) is 0 Å². The van der Waals surface area contributed by atoms with Crippen LogP contribution in [0, 0.1) is 5.92 Å². The monoisotopic (exact) mass is 334 g/mol. The Labute approximate surface area is 144 Å². The number of urea groups is 1. The number of nitrogens with zero attached hydrogens (tertiary/aromatic N) is 3. The average Bonchev–Trinajstić information content (AvgIpc) is 3.17. The van der Waals surface area contributed by atoms with E-state index in [0.29, 0.717) is 25.6 Å². The Hall–Kier alpha value is -1.56. The van der Waals surface area contributed by atoms with Gasteiger partial charge in [-0.2, -0.15) is 5.10 Å². The van der Waals surface area contributed by atoms with Crippen LogP contribution in [-0.2, 0) is 11.8 Å². The van der Waals surface area contributed by atoms with Crippen LogP contribution in [-0.4, -0.2) is 52.6 Å². The summed E-state index contributed by atoms with van der Waals surface area (Å²) in [5, 5.41) is 7.41. The molecule has 2 amide bonds.